The Kier molecular flexibility index (Phi) is 6.49. The zero-order chi connectivity index (χ0) is 15.8. The monoisotopic (exact) mass is 307 g/mol. The van der Waals surface area contributed by atoms with Crippen molar-refractivity contribution in [1.82, 2.24) is 4.90 Å². The number of carbonyl (C=O) groups is 2. The summed E-state index contributed by atoms with van der Waals surface area (Å²) in [5.74, 6) is -0.211. The Labute approximate surface area is 129 Å². The number of carbonyl (C=O) groups excluding carboxylic acids is 2. The number of urea groups is 1. The second-order valence-electron chi connectivity index (χ2n) is 4.29. The standard InChI is InChI=1S/C15H18ClN3O2/c1-4-8-19(9-5-2)15(21)18-12-6-7-14(13(16)10-12)17-11(3)20/h4-7,10H,1-2,8-9H2,3H3,(H,17,20)(H,18,21). The summed E-state index contributed by atoms with van der Waals surface area (Å²) >= 11 is 6.05. The van der Waals surface area contributed by atoms with Gasteiger partial charge in [0.15, 0.2) is 0 Å². The van der Waals surface area contributed by atoms with Crippen LogP contribution in [-0.4, -0.2) is 29.9 Å². The summed E-state index contributed by atoms with van der Waals surface area (Å²) in [6.07, 6.45) is 3.27. The number of amides is 3. The maximum atomic E-state index is 12.1. The topological polar surface area (TPSA) is 61.4 Å². The highest BCUT2D eigenvalue weighted by molar-refractivity contribution is 6.34. The average Bonchev–Trinajstić information content (AvgIpc) is 2.41. The van der Waals surface area contributed by atoms with E-state index in [1.165, 1.54) is 11.8 Å². The molecule has 0 aliphatic heterocycles. The van der Waals surface area contributed by atoms with Crippen LogP contribution in [0, 0.1) is 0 Å². The molecule has 0 aliphatic rings. The van der Waals surface area contributed by atoms with Gasteiger partial charge in [0.1, 0.15) is 0 Å². The normalized spacial score (nSPS) is 9.62. The van der Waals surface area contributed by atoms with Crippen molar-refractivity contribution in [3.63, 3.8) is 0 Å². The highest BCUT2D eigenvalue weighted by Gasteiger charge is 2.11. The fourth-order valence-electron chi connectivity index (χ4n) is 1.64. The second kappa shape index (κ2) is 8.11. The number of halogens is 1. The minimum absolute atomic E-state index is 0.211. The van der Waals surface area contributed by atoms with E-state index in [9.17, 15) is 9.59 Å². The van der Waals surface area contributed by atoms with E-state index in [-0.39, 0.29) is 11.9 Å². The SMILES string of the molecule is C=CCN(CC=C)C(=O)Nc1ccc(NC(C)=O)c(Cl)c1. The molecule has 0 bridgehead atoms. The molecule has 0 heterocycles. The molecule has 0 spiro atoms. The second-order valence-corrected chi connectivity index (χ2v) is 4.70. The van der Waals surface area contributed by atoms with Crippen molar-refractivity contribution in [3.05, 3.63) is 48.5 Å². The summed E-state index contributed by atoms with van der Waals surface area (Å²) in [5.41, 5.74) is 1.04. The van der Waals surface area contributed by atoms with E-state index in [4.69, 9.17) is 11.6 Å². The quantitative estimate of drug-likeness (QED) is 0.790. The van der Waals surface area contributed by atoms with Gasteiger partial charge in [0.2, 0.25) is 5.91 Å². The van der Waals surface area contributed by atoms with Crippen LogP contribution < -0.4 is 10.6 Å². The van der Waals surface area contributed by atoms with Gasteiger partial charge in [-0.05, 0) is 18.2 Å². The van der Waals surface area contributed by atoms with Crippen LogP contribution in [0.2, 0.25) is 5.02 Å². The maximum Gasteiger partial charge on any atom is 0.322 e. The summed E-state index contributed by atoms with van der Waals surface area (Å²) in [4.78, 5) is 24.6. The van der Waals surface area contributed by atoms with Gasteiger partial charge in [-0.3, -0.25) is 4.79 Å². The summed E-state index contributed by atoms with van der Waals surface area (Å²) in [5, 5.41) is 5.67. The van der Waals surface area contributed by atoms with Gasteiger partial charge in [-0.1, -0.05) is 23.8 Å². The molecule has 0 unspecified atom stereocenters. The summed E-state index contributed by atoms with van der Waals surface area (Å²) in [7, 11) is 0. The molecule has 1 aromatic rings. The van der Waals surface area contributed by atoms with Crippen molar-refractivity contribution < 1.29 is 9.59 Å². The first kappa shape index (κ1) is 16.8. The number of anilines is 2. The van der Waals surface area contributed by atoms with Gasteiger partial charge < -0.3 is 15.5 Å². The third kappa shape index (κ3) is 5.31. The fourth-order valence-corrected chi connectivity index (χ4v) is 1.87. The summed E-state index contributed by atoms with van der Waals surface area (Å²) in [6.45, 7) is 9.44. The lowest BCUT2D eigenvalue weighted by Gasteiger charge is -2.20. The molecule has 21 heavy (non-hydrogen) atoms. The van der Waals surface area contributed by atoms with Gasteiger partial charge in [0.25, 0.3) is 0 Å². The Morgan fingerprint density at radius 3 is 2.33 bits per heavy atom. The Hall–Kier alpha value is -2.27. The van der Waals surface area contributed by atoms with Crippen LogP contribution in [0.25, 0.3) is 0 Å². The number of benzene rings is 1. The minimum atomic E-state index is -0.279. The molecular weight excluding hydrogens is 290 g/mol. The number of nitrogens with one attached hydrogen (secondary N) is 2. The van der Waals surface area contributed by atoms with E-state index < -0.39 is 0 Å². The molecule has 1 rings (SSSR count). The lowest BCUT2D eigenvalue weighted by molar-refractivity contribution is -0.114. The fraction of sp³-hybridized carbons (Fsp3) is 0.200. The molecule has 2 N–H and O–H groups in total. The van der Waals surface area contributed by atoms with Gasteiger partial charge in [-0.2, -0.15) is 0 Å². The minimum Gasteiger partial charge on any atom is -0.325 e. The Morgan fingerprint density at radius 1 is 1.24 bits per heavy atom. The largest absolute Gasteiger partial charge is 0.325 e. The molecule has 0 atom stereocenters. The number of nitrogens with zero attached hydrogens (tertiary/aromatic N) is 1. The Balaban J connectivity index is 2.80. The lowest BCUT2D eigenvalue weighted by atomic mass is 10.2. The van der Waals surface area contributed by atoms with Crippen LogP contribution >= 0.6 is 11.6 Å². The molecule has 0 aliphatic carbocycles. The van der Waals surface area contributed by atoms with Gasteiger partial charge in [-0.25, -0.2) is 4.79 Å². The third-order valence-electron chi connectivity index (χ3n) is 2.52. The van der Waals surface area contributed by atoms with Crippen LogP contribution in [-0.2, 0) is 4.79 Å². The average molecular weight is 308 g/mol. The highest BCUT2D eigenvalue weighted by Crippen LogP contribution is 2.25. The molecule has 5 nitrogen and oxygen atoms in total. The van der Waals surface area contributed by atoms with Gasteiger partial charge in [0, 0.05) is 25.7 Å². The van der Waals surface area contributed by atoms with E-state index in [2.05, 4.69) is 23.8 Å². The zero-order valence-corrected chi connectivity index (χ0v) is 12.6. The molecule has 6 heteroatoms. The molecule has 112 valence electrons. The Morgan fingerprint density at radius 2 is 1.86 bits per heavy atom. The van der Waals surface area contributed by atoms with Gasteiger partial charge in [0.05, 0.1) is 10.7 Å². The molecule has 0 saturated carbocycles. The maximum absolute atomic E-state index is 12.1. The molecule has 0 saturated heterocycles. The first-order valence-corrected chi connectivity index (χ1v) is 6.70. The van der Waals surface area contributed by atoms with Crippen molar-refractivity contribution in [3.8, 4) is 0 Å². The van der Waals surface area contributed by atoms with Crippen LogP contribution in [0.4, 0.5) is 16.2 Å². The number of rotatable bonds is 6. The van der Waals surface area contributed by atoms with Crippen molar-refractivity contribution in [2.24, 2.45) is 0 Å². The van der Waals surface area contributed by atoms with Gasteiger partial charge >= 0.3 is 6.03 Å². The first-order chi connectivity index (χ1) is 9.97. The smallest absolute Gasteiger partial charge is 0.322 e. The lowest BCUT2D eigenvalue weighted by Crippen LogP contribution is -2.35. The van der Waals surface area contributed by atoms with Crippen LogP contribution in [0.5, 0.6) is 0 Å². The molecule has 3 amide bonds. The van der Waals surface area contributed by atoms with E-state index >= 15 is 0 Å². The molecule has 1 aromatic carbocycles. The van der Waals surface area contributed by atoms with E-state index in [1.54, 1.807) is 30.4 Å². The predicted molar refractivity (Wildman–Crippen MR) is 86.7 cm³/mol. The zero-order valence-electron chi connectivity index (χ0n) is 11.9. The third-order valence-corrected chi connectivity index (χ3v) is 2.83. The van der Waals surface area contributed by atoms with E-state index in [0.29, 0.717) is 29.5 Å². The van der Waals surface area contributed by atoms with Crippen molar-refractivity contribution in [2.75, 3.05) is 23.7 Å². The molecular formula is C15H18ClN3O2. The molecule has 0 radical (unpaired) electrons. The summed E-state index contributed by atoms with van der Waals surface area (Å²) < 4.78 is 0. The van der Waals surface area contributed by atoms with Crippen LogP contribution in [0.3, 0.4) is 0 Å². The highest BCUT2D eigenvalue weighted by atomic mass is 35.5. The number of hydrogen-bond donors (Lipinski definition) is 2. The molecule has 0 fully saturated rings. The first-order valence-electron chi connectivity index (χ1n) is 6.32. The van der Waals surface area contributed by atoms with Gasteiger partial charge in [-0.15, -0.1) is 13.2 Å². The molecule has 0 aromatic heterocycles. The van der Waals surface area contributed by atoms with E-state index in [1.807, 2.05) is 0 Å². The number of hydrogen-bond acceptors (Lipinski definition) is 2. The Bertz CT molecular complexity index is 548. The predicted octanol–water partition coefficient (Wildman–Crippen LogP) is 3.50. The van der Waals surface area contributed by atoms with Crippen molar-refractivity contribution in [2.45, 2.75) is 6.92 Å². The van der Waals surface area contributed by atoms with Crippen molar-refractivity contribution in [1.29, 1.82) is 0 Å². The summed E-state index contributed by atoms with van der Waals surface area (Å²) in [6, 6.07) is 4.59. The van der Waals surface area contributed by atoms with Crippen LogP contribution in [0.1, 0.15) is 6.92 Å². The van der Waals surface area contributed by atoms with Crippen LogP contribution in [0.15, 0.2) is 43.5 Å². The van der Waals surface area contributed by atoms with Crippen molar-refractivity contribution >= 4 is 34.9 Å². The van der Waals surface area contributed by atoms with E-state index in [0.717, 1.165) is 0 Å².